The highest BCUT2D eigenvalue weighted by Crippen LogP contribution is 2.30. The minimum absolute atomic E-state index is 0.664. The molecule has 1 aliphatic heterocycles. The number of fused-ring (bicyclic) bond motifs is 2. The van der Waals surface area contributed by atoms with Crippen molar-refractivity contribution in [3.05, 3.63) is 54.5 Å². The second kappa shape index (κ2) is 8.85. The van der Waals surface area contributed by atoms with Crippen molar-refractivity contribution in [1.82, 2.24) is 40.8 Å². The molecule has 0 spiro atoms. The van der Waals surface area contributed by atoms with Gasteiger partial charge in [-0.05, 0) is 42.4 Å². The molecule has 0 amide bonds. The maximum atomic E-state index is 4.84. The van der Waals surface area contributed by atoms with E-state index in [0.29, 0.717) is 5.65 Å². The Morgan fingerprint density at radius 2 is 1.91 bits per heavy atom. The van der Waals surface area contributed by atoms with E-state index in [4.69, 9.17) is 4.98 Å². The summed E-state index contributed by atoms with van der Waals surface area (Å²) < 4.78 is 0. The molecule has 5 heterocycles. The fourth-order valence-electron chi connectivity index (χ4n) is 4.49. The summed E-state index contributed by atoms with van der Waals surface area (Å²) in [6.45, 7) is 7.85. The van der Waals surface area contributed by atoms with Gasteiger partial charge < -0.3 is 20.5 Å². The van der Waals surface area contributed by atoms with E-state index in [0.717, 1.165) is 83.9 Å². The van der Waals surface area contributed by atoms with Crippen LogP contribution in [0.2, 0.25) is 0 Å². The molecule has 0 saturated carbocycles. The van der Waals surface area contributed by atoms with Crippen molar-refractivity contribution >= 4 is 27.8 Å². The molecule has 9 heteroatoms. The number of benzene rings is 1. The lowest BCUT2D eigenvalue weighted by Gasteiger charge is -2.29. The minimum Gasteiger partial charge on any atom is -0.369 e. The maximum absolute atomic E-state index is 4.84. The molecule has 4 aromatic heterocycles. The van der Waals surface area contributed by atoms with Crippen LogP contribution in [0, 0.1) is 0 Å². The summed E-state index contributed by atoms with van der Waals surface area (Å²) >= 11 is 0. The van der Waals surface area contributed by atoms with E-state index in [1.54, 1.807) is 0 Å². The van der Waals surface area contributed by atoms with Gasteiger partial charge in [-0.3, -0.25) is 10.1 Å². The van der Waals surface area contributed by atoms with Crippen LogP contribution < -0.4 is 15.5 Å². The molecule has 0 atom stereocenters. The average molecular weight is 454 g/mol. The Balaban J connectivity index is 1.36. The van der Waals surface area contributed by atoms with Crippen molar-refractivity contribution < 1.29 is 0 Å². The smallest absolute Gasteiger partial charge is 0.181 e. The summed E-state index contributed by atoms with van der Waals surface area (Å²) in [5.41, 5.74) is 7.83. The largest absolute Gasteiger partial charge is 0.369 e. The third-order valence-corrected chi connectivity index (χ3v) is 6.30. The standard InChI is InChI=1S/C25H27N9/c1-2-26-12-16-9-17(14-28-13-16)18-10-20-23(32-33-24(20)29-15-18)25-30-21-4-3-19(11-22(21)31-25)34-7-5-27-6-8-34/h3-4,9-11,13-15,26-27H,2,5-8,12H2,1H3,(H,30,31)(H,29,32,33). The summed E-state index contributed by atoms with van der Waals surface area (Å²) in [6, 6.07) is 10.7. The fraction of sp³-hybridized carbons (Fsp3) is 0.280. The summed E-state index contributed by atoms with van der Waals surface area (Å²) in [7, 11) is 0. The molecular formula is C25H27N9. The molecule has 1 fully saturated rings. The first-order valence-corrected chi connectivity index (χ1v) is 11.7. The van der Waals surface area contributed by atoms with E-state index in [1.165, 1.54) is 5.69 Å². The SMILES string of the molecule is CCNCc1cncc(-c2cnc3n[nH]c(-c4nc5ccc(N6CCNCC6)cc5[nH]4)c3c2)c1. The Morgan fingerprint density at radius 3 is 2.79 bits per heavy atom. The molecule has 0 aliphatic carbocycles. The summed E-state index contributed by atoms with van der Waals surface area (Å²) in [5.74, 6) is 0.757. The van der Waals surface area contributed by atoms with Gasteiger partial charge in [-0.25, -0.2) is 9.97 Å². The van der Waals surface area contributed by atoms with Crippen molar-refractivity contribution in [3.63, 3.8) is 0 Å². The summed E-state index contributed by atoms with van der Waals surface area (Å²) in [5, 5.41) is 15.2. The van der Waals surface area contributed by atoms with E-state index < -0.39 is 0 Å². The number of aromatic amines is 2. The van der Waals surface area contributed by atoms with Crippen LogP contribution >= 0.6 is 0 Å². The number of rotatable bonds is 6. The van der Waals surface area contributed by atoms with E-state index in [1.807, 2.05) is 18.6 Å². The Hall–Kier alpha value is -3.82. The van der Waals surface area contributed by atoms with Crippen LogP contribution in [0.1, 0.15) is 12.5 Å². The van der Waals surface area contributed by atoms with Crippen LogP contribution in [0.25, 0.3) is 44.7 Å². The van der Waals surface area contributed by atoms with Gasteiger partial charge in [-0.2, -0.15) is 5.10 Å². The third kappa shape index (κ3) is 3.89. The molecule has 6 rings (SSSR count). The lowest BCUT2D eigenvalue weighted by Crippen LogP contribution is -2.43. The van der Waals surface area contributed by atoms with Crippen LogP contribution in [0.15, 0.2) is 48.9 Å². The monoisotopic (exact) mass is 453 g/mol. The number of anilines is 1. The summed E-state index contributed by atoms with van der Waals surface area (Å²) in [4.78, 5) is 19.7. The highest BCUT2D eigenvalue weighted by atomic mass is 15.2. The third-order valence-electron chi connectivity index (χ3n) is 6.30. The van der Waals surface area contributed by atoms with Gasteiger partial charge in [-0.15, -0.1) is 0 Å². The van der Waals surface area contributed by atoms with E-state index in [2.05, 4.69) is 77.9 Å². The number of pyridine rings is 2. The normalized spacial score (nSPS) is 14.3. The molecule has 34 heavy (non-hydrogen) atoms. The van der Waals surface area contributed by atoms with Crippen LogP contribution in [-0.2, 0) is 6.54 Å². The molecule has 172 valence electrons. The quantitative estimate of drug-likeness (QED) is 0.313. The molecule has 5 aromatic rings. The first-order chi connectivity index (χ1) is 16.8. The minimum atomic E-state index is 0.664. The van der Waals surface area contributed by atoms with E-state index >= 15 is 0 Å². The van der Waals surface area contributed by atoms with Gasteiger partial charge in [0.25, 0.3) is 0 Å². The second-order valence-corrected chi connectivity index (χ2v) is 8.58. The van der Waals surface area contributed by atoms with Crippen molar-refractivity contribution in [2.75, 3.05) is 37.6 Å². The van der Waals surface area contributed by atoms with E-state index in [9.17, 15) is 0 Å². The van der Waals surface area contributed by atoms with Gasteiger partial charge in [0.1, 0.15) is 5.69 Å². The number of hydrogen-bond acceptors (Lipinski definition) is 7. The van der Waals surface area contributed by atoms with Crippen molar-refractivity contribution in [2.24, 2.45) is 0 Å². The van der Waals surface area contributed by atoms with Gasteiger partial charge in [-0.1, -0.05) is 6.92 Å². The topological polar surface area (TPSA) is 110 Å². The molecule has 0 bridgehead atoms. The zero-order chi connectivity index (χ0) is 22.9. The summed E-state index contributed by atoms with van der Waals surface area (Å²) in [6.07, 6.45) is 5.61. The lowest BCUT2D eigenvalue weighted by atomic mass is 10.1. The number of nitrogens with zero attached hydrogens (tertiary/aromatic N) is 5. The van der Waals surface area contributed by atoms with E-state index in [-0.39, 0.29) is 0 Å². The highest BCUT2D eigenvalue weighted by molar-refractivity contribution is 5.93. The zero-order valence-corrected chi connectivity index (χ0v) is 19.1. The Morgan fingerprint density at radius 1 is 1.03 bits per heavy atom. The zero-order valence-electron chi connectivity index (χ0n) is 19.1. The van der Waals surface area contributed by atoms with Crippen LogP contribution in [-0.4, -0.2) is 62.9 Å². The van der Waals surface area contributed by atoms with Gasteiger partial charge in [0.15, 0.2) is 11.5 Å². The molecule has 0 radical (unpaired) electrons. The van der Waals surface area contributed by atoms with Gasteiger partial charge in [0.2, 0.25) is 0 Å². The fourth-order valence-corrected chi connectivity index (χ4v) is 4.49. The molecule has 0 unspecified atom stereocenters. The molecule has 1 saturated heterocycles. The van der Waals surface area contributed by atoms with Crippen LogP contribution in [0.4, 0.5) is 5.69 Å². The molecule has 4 N–H and O–H groups in total. The maximum Gasteiger partial charge on any atom is 0.181 e. The average Bonchev–Trinajstić information content (AvgIpc) is 3.51. The Bertz CT molecular complexity index is 1450. The molecule has 9 nitrogen and oxygen atoms in total. The van der Waals surface area contributed by atoms with Gasteiger partial charge in [0, 0.05) is 68.1 Å². The predicted octanol–water partition coefficient (Wildman–Crippen LogP) is 3.08. The Labute approximate surface area is 197 Å². The van der Waals surface area contributed by atoms with Crippen LogP contribution in [0.5, 0.6) is 0 Å². The number of nitrogens with one attached hydrogen (secondary N) is 4. The molecule has 1 aliphatic rings. The van der Waals surface area contributed by atoms with Gasteiger partial charge in [0.05, 0.1) is 16.4 Å². The highest BCUT2D eigenvalue weighted by Gasteiger charge is 2.16. The van der Waals surface area contributed by atoms with Crippen LogP contribution in [0.3, 0.4) is 0 Å². The van der Waals surface area contributed by atoms with Crippen molar-refractivity contribution in [2.45, 2.75) is 13.5 Å². The predicted molar refractivity (Wildman–Crippen MR) is 135 cm³/mol. The number of hydrogen-bond donors (Lipinski definition) is 4. The first-order valence-electron chi connectivity index (χ1n) is 11.7. The number of piperazine rings is 1. The second-order valence-electron chi connectivity index (χ2n) is 8.58. The van der Waals surface area contributed by atoms with Crippen molar-refractivity contribution in [1.29, 1.82) is 0 Å². The number of aromatic nitrogens is 6. The molecular weight excluding hydrogens is 426 g/mol. The molecule has 1 aromatic carbocycles. The van der Waals surface area contributed by atoms with Gasteiger partial charge >= 0.3 is 0 Å². The van der Waals surface area contributed by atoms with Crippen molar-refractivity contribution in [3.8, 4) is 22.6 Å². The number of H-pyrrole nitrogens is 2. The Kier molecular flexibility index (Phi) is 5.40. The number of imidazole rings is 1. The first kappa shape index (κ1) is 20.8. The lowest BCUT2D eigenvalue weighted by molar-refractivity contribution is 0.589.